The van der Waals surface area contributed by atoms with Crippen LogP contribution in [0.1, 0.15) is 11.4 Å². The Kier molecular flexibility index (Phi) is 4.57. The van der Waals surface area contributed by atoms with Crippen LogP contribution in [0.2, 0.25) is 0 Å². The van der Waals surface area contributed by atoms with E-state index in [0.29, 0.717) is 6.07 Å². The van der Waals surface area contributed by atoms with Crippen LogP contribution in [0.4, 0.5) is 26.3 Å². The fourth-order valence-corrected chi connectivity index (χ4v) is 2.03. The maximum absolute atomic E-state index is 12.5. The molecule has 0 amide bonds. The maximum atomic E-state index is 12.5. The lowest BCUT2D eigenvalue weighted by molar-refractivity contribution is -0.276. The van der Waals surface area contributed by atoms with Gasteiger partial charge in [0.15, 0.2) is 11.4 Å². The Labute approximate surface area is 115 Å². The Hall–Kier alpha value is -0.450. The van der Waals surface area contributed by atoms with Crippen molar-refractivity contribution in [1.82, 2.24) is 4.98 Å². The molecule has 10 heteroatoms. The van der Waals surface area contributed by atoms with Gasteiger partial charge in [-0.15, -0.1) is 24.8 Å². The zero-order valence-electron chi connectivity index (χ0n) is 8.16. The molecular formula is C8H3ClF6INO. The van der Waals surface area contributed by atoms with E-state index in [9.17, 15) is 26.3 Å². The minimum atomic E-state index is -5.23. The highest BCUT2D eigenvalue weighted by Gasteiger charge is 2.41. The van der Waals surface area contributed by atoms with Crippen molar-refractivity contribution in [3.63, 3.8) is 0 Å². The standard InChI is InChI=1S/C8H3ClF6INO/c9-2-4-3(16)1-5(18-8(13,14)15)6(17-4)7(10,11)12/h1H,2H2. The van der Waals surface area contributed by atoms with Crippen molar-refractivity contribution in [3.8, 4) is 5.75 Å². The van der Waals surface area contributed by atoms with Crippen molar-refractivity contribution >= 4 is 34.2 Å². The highest BCUT2D eigenvalue weighted by molar-refractivity contribution is 14.1. The normalized spacial score (nSPS) is 12.7. The SMILES string of the molecule is FC(F)(F)Oc1cc(I)c(CCl)nc1C(F)(F)F. The summed E-state index contributed by atoms with van der Waals surface area (Å²) in [5.74, 6) is -1.75. The predicted molar refractivity (Wildman–Crippen MR) is 58.2 cm³/mol. The second-order valence-corrected chi connectivity index (χ2v) is 4.37. The van der Waals surface area contributed by atoms with Crippen molar-refractivity contribution < 1.29 is 31.1 Å². The zero-order valence-corrected chi connectivity index (χ0v) is 11.1. The van der Waals surface area contributed by atoms with E-state index in [-0.39, 0.29) is 15.1 Å². The van der Waals surface area contributed by atoms with Gasteiger partial charge in [0.25, 0.3) is 0 Å². The van der Waals surface area contributed by atoms with Crippen LogP contribution < -0.4 is 4.74 Å². The second-order valence-electron chi connectivity index (χ2n) is 2.94. The van der Waals surface area contributed by atoms with E-state index >= 15 is 0 Å². The number of nitrogens with zero attached hydrogens (tertiary/aromatic N) is 1. The van der Waals surface area contributed by atoms with Crippen molar-refractivity contribution in [2.24, 2.45) is 0 Å². The fraction of sp³-hybridized carbons (Fsp3) is 0.375. The number of pyridine rings is 1. The van der Waals surface area contributed by atoms with Crippen molar-refractivity contribution in [2.75, 3.05) is 0 Å². The summed E-state index contributed by atoms with van der Waals surface area (Å²) in [6, 6.07) is 0.599. The highest BCUT2D eigenvalue weighted by atomic mass is 127. The van der Waals surface area contributed by atoms with Gasteiger partial charge in [0.05, 0.1) is 11.6 Å². The van der Waals surface area contributed by atoms with Crippen LogP contribution in [0.25, 0.3) is 0 Å². The Morgan fingerprint density at radius 3 is 2.17 bits per heavy atom. The molecule has 0 N–H and O–H groups in total. The van der Waals surface area contributed by atoms with Crippen molar-refractivity contribution in [1.29, 1.82) is 0 Å². The van der Waals surface area contributed by atoms with E-state index in [1.165, 1.54) is 22.6 Å². The molecule has 0 unspecified atom stereocenters. The van der Waals surface area contributed by atoms with E-state index in [2.05, 4.69) is 9.72 Å². The van der Waals surface area contributed by atoms with Gasteiger partial charge in [-0.25, -0.2) is 4.98 Å². The number of ether oxygens (including phenoxy) is 1. The maximum Gasteiger partial charge on any atom is 0.573 e. The van der Waals surface area contributed by atoms with Crippen molar-refractivity contribution in [3.05, 3.63) is 21.0 Å². The molecule has 0 aromatic carbocycles. The third-order valence-electron chi connectivity index (χ3n) is 1.63. The smallest absolute Gasteiger partial charge is 0.403 e. The molecule has 1 aromatic heterocycles. The summed E-state index contributed by atoms with van der Waals surface area (Å²) in [7, 11) is 0. The molecule has 18 heavy (non-hydrogen) atoms. The van der Waals surface area contributed by atoms with Gasteiger partial charge in [0.1, 0.15) is 0 Å². The molecule has 2 nitrogen and oxygen atoms in total. The summed E-state index contributed by atoms with van der Waals surface area (Å²) < 4.78 is 76.8. The number of rotatable bonds is 2. The number of aromatic nitrogens is 1. The summed E-state index contributed by atoms with van der Waals surface area (Å²) in [4.78, 5) is 3.06. The van der Waals surface area contributed by atoms with Gasteiger partial charge in [-0.2, -0.15) is 13.2 Å². The van der Waals surface area contributed by atoms with Crippen LogP contribution in [0.5, 0.6) is 5.75 Å². The molecule has 0 saturated heterocycles. The van der Waals surface area contributed by atoms with Crippen LogP contribution in [0, 0.1) is 3.57 Å². The fourth-order valence-electron chi connectivity index (χ4n) is 1.01. The average molecular weight is 405 g/mol. The number of hydrogen-bond acceptors (Lipinski definition) is 2. The molecule has 1 aromatic rings. The highest BCUT2D eigenvalue weighted by Crippen LogP contribution is 2.38. The average Bonchev–Trinajstić information content (AvgIpc) is 2.13. The van der Waals surface area contributed by atoms with Crippen molar-refractivity contribution in [2.45, 2.75) is 18.4 Å². The lowest BCUT2D eigenvalue weighted by Gasteiger charge is -2.16. The van der Waals surface area contributed by atoms with E-state index in [4.69, 9.17) is 11.6 Å². The lowest BCUT2D eigenvalue weighted by Crippen LogP contribution is -2.21. The van der Waals surface area contributed by atoms with Crippen LogP contribution in [0.3, 0.4) is 0 Å². The van der Waals surface area contributed by atoms with Gasteiger partial charge in [0.2, 0.25) is 0 Å². The molecule has 1 rings (SSSR count). The summed E-state index contributed by atoms with van der Waals surface area (Å²) in [6.07, 6.45) is -10.3. The quantitative estimate of drug-likeness (QED) is 0.415. The molecule has 1 heterocycles. The molecule has 0 fully saturated rings. The Morgan fingerprint density at radius 1 is 1.22 bits per heavy atom. The number of hydrogen-bond donors (Lipinski definition) is 0. The molecular weight excluding hydrogens is 402 g/mol. The van der Waals surface area contributed by atoms with E-state index in [1.807, 2.05) is 0 Å². The number of halogens is 8. The predicted octanol–water partition coefficient (Wildman–Crippen LogP) is 4.34. The van der Waals surface area contributed by atoms with Gasteiger partial charge < -0.3 is 4.74 Å². The third-order valence-corrected chi connectivity index (χ3v) is 2.82. The molecule has 0 aliphatic heterocycles. The van der Waals surface area contributed by atoms with Gasteiger partial charge >= 0.3 is 12.5 Å². The first kappa shape index (κ1) is 15.6. The summed E-state index contributed by atoms with van der Waals surface area (Å²) >= 11 is 6.86. The molecule has 0 radical (unpaired) electrons. The molecule has 102 valence electrons. The first-order valence-electron chi connectivity index (χ1n) is 4.13. The van der Waals surface area contributed by atoms with Crippen LogP contribution in [-0.2, 0) is 12.1 Å². The van der Waals surface area contributed by atoms with E-state index in [1.54, 1.807) is 0 Å². The Bertz CT molecular complexity index is 446. The minimum Gasteiger partial charge on any atom is -0.403 e. The minimum absolute atomic E-state index is 0.0508. The van der Waals surface area contributed by atoms with Gasteiger partial charge in [0, 0.05) is 3.57 Å². The lowest BCUT2D eigenvalue weighted by atomic mass is 10.3. The molecule has 0 aliphatic rings. The van der Waals surface area contributed by atoms with E-state index in [0.717, 1.165) is 0 Å². The topological polar surface area (TPSA) is 22.1 Å². The summed E-state index contributed by atoms with van der Waals surface area (Å²) in [6.45, 7) is 0. The van der Waals surface area contributed by atoms with Gasteiger partial charge in [-0.3, -0.25) is 0 Å². The molecule has 0 spiro atoms. The molecule has 0 bridgehead atoms. The van der Waals surface area contributed by atoms with Crippen LogP contribution in [-0.4, -0.2) is 11.3 Å². The monoisotopic (exact) mass is 405 g/mol. The van der Waals surface area contributed by atoms with Crippen LogP contribution in [0.15, 0.2) is 6.07 Å². The molecule has 0 atom stereocenters. The first-order valence-corrected chi connectivity index (χ1v) is 5.74. The summed E-state index contributed by atoms with van der Waals surface area (Å²) in [5.41, 5.74) is -1.92. The Balaban J connectivity index is 3.35. The second kappa shape index (κ2) is 5.27. The Morgan fingerprint density at radius 2 is 1.78 bits per heavy atom. The van der Waals surface area contributed by atoms with Crippen LogP contribution >= 0.6 is 34.2 Å². The number of alkyl halides is 7. The largest absolute Gasteiger partial charge is 0.573 e. The first-order chi connectivity index (χ1) is 8.04. The third kappa shape index (κ3) is 4.04. The van der Waals surface area contributed by atoms with Gasteiger partial charge in [-0.05, 0) is 28.7 Å². The zero-order chi connectivity index (χ0) is 14.1. The molecule has 0 aliphatic carbocycles. The van der Waals surface area contributed by atoms with E-state index < -0.39 is 24.0 Å². The molecule has 0 saturated carbocycles. The summed E-state index contributed by atoms with van der Waals surface area (Å²) in [5, 5.41) is 0. The van der Waals surface area contributed by atoms with Gasteiger partial charge in [-0.1, -0.05) is 0 Å².